The number of hydrogen-bond donors (Lipinski definition) is 1. The molecule has 0 fully saturated rings. The van der Waals surface area contributed by atoms with Gasteiger partial charge in [-0.25, -0.2) is 19.7 Å². The lowest BCUT2D eigenvalue weighted by Crippen LogP contribution is -2.24. The van der Waals surface area contributed by atoms with E-state index in [0.717, 1.165) is 35.1 Å². The van der Waals surface area contributed by atoms with Crippen molar-refractivity contribution in [3.05, 3.63) is 70.8 Å². The third kappa shape index (κ3) is 6.80. The van der Waals surface area contributed by atoms with Gasteiger partial charge in [0.15, 0.2) is 16.7 Å². The van der Waals surface area contributed by atoms with Crippen molar-refractivity contribution in [3.63, 3.8) is 0 Å². The molecule has 0 aliphatic heterocycles. The fraction of sp³-hybridized carbons (Fsp3) is 0.333. The number of carbonyl (C=O) groups excluding carboxylic acids is 2. The van der Waals surface area contributed by atoms with Crippen LogP contribution in [0.1, 0.15) is 55.5 Å². The third-order valence-electron chi connectivity index (χ3n) is 5.88. The number of nitrogens with zero attached hydrogens (tertiary/aromatic N) is 5. The highest BCUT2D eigenvalue weighted by atomic mass is 35.5. The van der Waals surface area contributed by atoms with Crippen LogP contribution in [0.5, 0.6) is 0 Å². The topological polar surface area (TPSA) is 134 Å². The number of H-pyrrole nitrogens is 1. The number of carbonyl (C=O) groups is 2. The van der Waals surface area contributed by atoms with E-state index < -0.39 is 18.4 Å². The Morgan fingerprint density at radius 3 is 2.46 bits per heavy atom. The van der Waals surface area contributed by atoms with E-state index in [1.807, 2.05) is 48.5 Å². The first-order valence-corrected chi connectivity index (χ1v) is 13.0. The minimum Gasteiger partial charge on any atom is -0.435 e. The van der Waals surface area contributed by atoms with Crippen molar-refractivity contribution in [2.75, 3.05) is 6.61 Å². The smallest absolute Gasteiger partial charge is 0.435 e. The van der Waals surface area contributed by atoms with Crippen molar-refractivity contribution in [2.24, 2.45) is 0 Å². The first kappa shape index (κ1) is 27.8. The molecule has 204 valence electrons. The Kier molecular flexibility index (Phi) is 9.27. The Hall–Kier alpha value is -4.25. The van der Waals surface area contributed by atoms with Crippen LogP contribution in [-0.4, -0.2) is 55.2 Å². The minimum atomic E-state index is -1.17. The summed E-state index contributed by atoms with van der Waals surface area (Å²) in [5.41, 5.74) is 3.84. The highest BCUT2D eigenvalue weighted by Crippen LogP contribution is 2.30. The van der Waals surface area contributed by atoms with Crippen LogP contribution in [0.3, 0.4) is 0 Å². The summed E-state index contributed by atoms with van der Waals surface area (Å²) in [6.45, 7) is 5.62. The molecule has 11 nitrogen and oxygen atoms in total. The number of unbranched alkanes of at least 4 members (excludes halogenated alkanes) is 1. The zero-order valence-electron chi connectivity index (χ0n) is 21.9. The molecule has 2 heterocycles. The second-order valence-electron chi connectivity index (χ2n) is 8.62. The van der Waals surface area contributed by atoms with Crippen molar-refractivity contribution in [1.29, 1.82) is 0 Å². The molecular weight excluding hydrogens is 524 g/mol. The number of benzene rings is 2. The molecule has 0 bridgehead atoms. The average molecular weight is 553 g/mol. The lowest BCUT2D eigenvalue weighted by molar-refractivity contribution is -0.0815. The summed E-state index contributed by atoms with van der Waals surface area (Å²) in [6.07, 6.45) is 0.353. The summed E-state index contributed by atoms with van der Waals surface area (Å²) in [6, 6.07) is 15.8. The minimum absolute atomic E-state index is 0.0284. The van der Waals surface area contributed by atoms with Gasteiger partial charge in [0, 0.05) is 25.5 Å². The van der Waals surface area contributed by atoms with E-state index in [1.54, 1.807) is 11.5 Å². The highest BCUT2D eigenvalue weighted by Gasteiger charge is 2.26. The van der Waals surface area contributed by atoms with Gasteiger partial charge < -0.3 is 18.8 Å². The zero-order valence-corrected chi connectivity index (χ0v) is 22.6. The van der Waals surface area contributed by atoms with Gasteiger partial charge in [-0.3, -0.25) is 0 Å². The van der Waals surface area contributed by atoms with Crippen LogP contribution in [0.15, 0.2) is 48.5 Å². The molecule has 2 aromatic heterocycles. The van der Waals surface area contributed by atoms with E-state index in [9.17, 15) is 9.59 Å². The van der Waals surface area contributed by atoms with Crippen LogP contribution in [0.25, 0.3) is 22.5 Å². The predicted molar refractivity (Wildman–Crippen MR) is 143 cm³/mol. The number of aromatic amines is 1. The Labute approximate surface area is 230 Å². The molecule has 1 N–H and O–H groups in total. The maximum atomic E-state index is 13.1. The van der Waals surface area contributed by atoms with Gasteiger partial charge >= 0.3 is 12.1 Å². The van der Waals surface area contributed by atoms with Gasteiger partial charge in [-0.05, 0) is 40.5 Å². The Bertz CT molecular complexity index is 1400. The van der Waals surface area contributed by atoms with E-state index in [4.69, 9.17) is 25.8 Å². The van der Waals surface area contributed by atoms with Gasteiger partial charge in [0.1, 0.15) is 5.82 Å². The maximum Gasteiger partial charge on any atom is 0.511 e. The van der Waals surface area contributed by atoms with Crippen LogP contribution >= 0.6 is 11.6 Å². The fourth-order valence-corrected chi connectivity index (χ4v) is 4.34. The molecule has 0 saturated heterocycles. The second kappa shape index (κ2) is 13.0. The number of ether oxygens (including phenoxy) is 3. The van der Waals surface area contributed by atoms with Crippen molar-refractivity contribution in [2.45, 2.75) is 52.9 Å². The van der Waals surface area contributed by atoms with Gasteiger partial charge in [-0.2, -0.15) is 0 Å². The molecule has 4 rings (SSSR count). The molecule has 1 atom stereocenters. The summed E-state index contributed by atoms with van der Waals surface area (Å²) in [4.78, 5) is 29.1. The van der Waals surface area contributed by atoms with Crippen LogP contribution < -0.4 is 0 Å². The van der Waals surface area contributed by atoms with E-state index in [2.05, 4.69) is 32.5 Å². The van der Waals surface area contributed by atoms with Crippen LogP contribution in [0.4, 0.5) is 4.79 Å². The van der Waals surface area contributed by atoms with Crippen molar-refractivity contribution >= 4 is 23.7 Å². The molecule has 0 aliphatic carbocycles. The monoisotopic (exact) mass is 552 g/mol. The molecular formula is C27H29ClN6O5. The largest absolute Gasteiger partial charge is 0.511 e. The summed E-state index contributed by atoms with van der Waals surface area (Å²) in [5, 5.41) is 14.2. The van der Waals surface area contributed by atoms with Crippen molar-refractivity contribution in [1.82, 2.24) is 30.2 Å². The van der Waals surface area contributed by atoms with Gasteiger partial charge in [0.05, 0.1) is 6.61 Å². The van der Waals surface area contributed by atoms with Crippen LogP contribution in [-0.2, 0) is 27.2 Å². The molecule has 2 aromatic carbocycles. The zero-order chi connectivity index (χ0) is 27.8. The number of imidazole rings is 1. The lowest BCUT2D eigenvalue weighted by Gasteiger charge is -2.16. The maximum absolute atomic E-state index is 13.1. The number of hydrogen-bond acceptors (Lipinski definition) is 9. The number of rotatable bonds is 11. The molecule has 0 saturated carbocycles. The number of esters is 1. The molecule has 4 aromatic rings. The van der Waals surface area contributed by atoms with Crippen LogP contribution in [0.2, 0.25) is 5.15 Å². The summed E-state index contributed by atoms with van der Waals surface area (Å²) in [5.74, 6) is 0.492. The molecule has 0 spiro atoms. The first-order valence-electron chi connectivity index (χ1n) is 12.6. The second-order valence-corrected chi connectivity index (χ2v) is 8.98. The summed E-state index contributed by atoms with van der Waals surface area (Å²) >= 11 is 6.42. The molecule has 0 amide bonds. The molecule has 0 unspecified atom stereocenters. The number of nitrogens with one attached hydrogen (secondary N) is 1. The number of aryl methyl sites for hydroxylation is 1. The Balaban J connectivity index is 1.59. The highest BCUT2D eigenvalue weighted by molar-refractivity contribution is 6.32. The normalized spacial score (nSPS) is 11.7. The first-order chi connectivity index (χ1) is 18.9. The van der Waals surface area contributed by atoms with E-state index in [1.165, 1.54) is 6.92 Å². The standard InChI is InChI=1S/C27H29ClN6O5/c1-4-6-11-22-29-24(28)23(26(35)38-17(3)39-27(36)37-5-2)34(22)16-18-12-14-19(15-13-18)20-9-7-8-10-21(20)25-30-32-33-31-25/h7-10,12-15,17H,4-6,11,16H2,1-3H3,(H,30,31,32,33)/t17-/m1/s1. The van der Waals surface area contributed by atoms with Crippen molar-refractivity contribution < 1.29 is 23.8 Å². The molecule has 0 aliphatic rings. The van der Waals surface area contributed by atoms with Gasteiger partial charge in [0.25, 0.3) is 0 Å². The SMILES string of the molecule is CCCCc1nc(Cl)c(C(=O)O[C@@H](C)OC(=O)OCC)n1Cc1ccc(-c2ccccc2-c2nnn[nH]2)cc1. The lowest BCUT2D eigenvalue weighted by atomic mass is 9.98. The molecule has 0 radical (unpaired) electrons. The van der Waals surface area contributed by atoms with Gasteiger partial charge in [-0.15, -0.1) is 5.10 Å². The quantitative estimate of drug-likeness (QED) is 0.190. The third-order valence-corrected chi connectivity index (χ3v) is 6.15. The van der Waals surface area contributed by atoms with Crippen LogP contribution in [0, 0.1) is 0 Å². The molecule has 39 heavy (non-hydrogen) atoms. The fourth-order valence-electron chi connectivity index (χ4n) is 4.06. The van der Waals surface area contributed by atoms with E-state index >= 15 is 0 Å². The average Bonchev–Trinajstić information content (AvgIpc) is 3.56. The number of halogens is 1. The summed E-state index contributed by atoms with van der Waals surface area (Å²) < 4.78 is 16.8. The molecule has 12 heteroatoms. The number of aromatic nitrogens is 6. The summed E-state index contributed by atoms with van der Waals surface area (Å²) in [7, 11) is 0. The Morgan fingerprint density at radius 1 is 1.05 bits per heavy atom. The van der Waals surface area contributed by atoms with Crippen molar-refractivity contribution in [3.8, 4) is 22.5 Å². The predicted octanol–water partition coefficient (Wildman–Crippen LogP) is 5.45. The van der Waals surface area contributed by atoms with E-state index in [0.29, 0.717) is 24.6 Å². The van der Waals surface area contributed by atoms with Gasteiger partial charge in [-0.1, -0.05) is 73.5 Å². The number of tetrazole rings is 1. The van der Waals surface area contributed by atoms with E-state index in [-0.39, 0.29) is 17.5 Å². The Morgan fingerprint density at radius 2 is 1.79 bits per heavy atom. The van der Waals surface area contributed by atoms with Gasteiger partial charge in [0.2, 0.25) is 6.29 Å².